The number of carbonyl (C=O) groups is 1. The van der Waals surface area contributed by atoms with Gasteiger partial charge in [0.15, 0.2) is 11.5 Å². The molecule has 0 atom stereocenters. The summed E-state index contributed by atoms with van der Waals surface area (Å²) in [7, 11) is 0. The van der Waals surface area contributed by atoms with Crippen molar-refractivity contribution in [3.63, 3.8) is 0 Å². The molecular weight excluding hydrogens is 436 g/mol. The maximum absolute atomic E-state index is 13.4. The Balaban J connectivity index is 1.33. The minimum Gasteiger partial charge on any atom is -0.368 e. The molecule has 1 amide bonds. The zero-order valence-corrected chi connectivity index (χ0v) is 18.4. The highest BCUT2D eigenvalue weighted by molar-refractivity contribution is 6.07. The smallest absolute Gasteiger partial charge is 0.272 e. The van der Waals surface area contributed by atoms with Crippen LogP contribution < -0.4 is 15.1 Å². The van der Waals surface area contributed by atoms with Crippen LogP contribution in [0.5, 0.6) is 0 Å². The fraction of sp³-hybridized carbons (Fsp3) is 0.192. The molecule has 0 spiro atoms. The molecule has 1 fully saturated rings. The van der Waals surface area contributed by atoms with Crippen LogP contribution in [0.25, 0.3) is 10.8 Å². The molecule has 6 nitrogen and oxygen atoms in total. The highest BCUT2D eigenvalue weighted by Gasteiger charge is 2.23. The minimum absolute atomic E-state index is 0.194. The standard InChI is InChI=1S/C26H23F2N5O/c27-19-8-10-21(11-9-19)32-12-14-33(15-13-32)25-23-7-2-1-6-22(23)24(30-31-25)26(34)29-17-18-4-3-5-20(28)16-18/h1-11,16H,12-15,17H2,(H,29,34). The van der Waals surface area contributed by atoms with Gasteiger partial charge in [0.25, 0.3) is 5.91 Å². The SMILES string of the molecule is O=C(NCc1cccc(F)c1)c1nnc(N2CCN(c3ccc(F)cc3)CC2)c2ccccc12. The maximum atomic E-state index is 13.4. The number of carbonyl (C=O) groups excluding carboxylic acids is 1. The van der Waals surface area contributed by atoms with Gasteiger partial charge in [-0.1, -0.05) is 36.4 Å². The molecule has 172 valence electrons. The zero-order chi connectivity index (χ0) is 23.5. The van der Waals surface area contributed by atoms with Crippen LogP contribution in [0.4, 0.5) is 20.3 Å². The van der Waals surface area contributed by atoms with E-state index in [0.717, 1.165) is 43.1 Å². The number of fused-ring (bicyclic) bond motifs is 1. The summed E-state index contributed by atoms with van der Waals surface area (Å²) in [6, 6.07) is 20.2. The Morgan fingerprint density at radius 3 is 2.24 bits per heavy atom. The number of hydrogen-bond donors (Lipinski definition) is 1. The van der Waals surface area contributed by atoms with Crippen molar-refractivity contribution in [2.45, 2.75) is 6.54 Å². The predicted molar refractivity (Wildman–Crippen MR) is 128 cm³/mol. The normalized spacial score (nSPS) is 13.8. The first-order valence-electron chi connectivity index (χ1n) is 11.1. The summed E-state index contributed by atoms with van der Waals surface area (Å²) in [6.07, 6.45) is 0. The number of amides is 1. The average molecular weight is 460 g/mol. The molecule has 8 heteroatoms. The van der Waals surface area contributed by atoms with Gasteiger partial charge in [-0.15, -0.1) is 10.2 Å². The lowest BCUT2D eigenvalue weighted by atomic mass is 10.1. The summed E-state index contributed by atoms with van der Waals surface area (Å²) < 4.78 is 26.7. The van der Waals surface area contributed by atoms with E-state index in [0.29, 0.717) is 10.9 Å². The van der Waals surface area contributed by atoms with Crippen molar-refractivity contribution < 1.29 is 13.6 Å². The van der Waals surface area contributed by atoms with Crippen molar-refractivity contribution in [1.82, 2.24) is 15.5 Å². The van der Waals surface area contributed by atoms with Crippen LogP contribution in [-0.2, 0) is 6.54 Å². The third kappa shape index (κ3) is 4.52. The average Bonchev–Trinajstić information content (AvgIpc) is 2.87. The molecule has 1 saturated heterocycles. The second-order valence-corrected chi connectivity index (χ2v) is 8.18. The van der Waals surface area contributed by atoms with Gasteiger partial charge in [-0.25, -0.2) is 8.78 Å². The van der Waals surface area contributed by atoms with E-state index in [1.54, 1.807) is 24.3 Å². The highest BCUT2D eigenvalue weighted by atomic mass is 19.1. The lowest BCUT2D eigenvalue weighted by Gasteiger charge is -2.37. The quantitative estimate of drug-likeness (QED) is 0.486. The molecule has 0 aliphatic carbocycles. The van der Waals surface area contributed by atoms with Crippen LogP contribution >= 0.6 is 0 Å². The summed E-state index contributed by atoms with van der Waals surface area (Å²) in [6.45, 7) is 3.16. The van der Waals surface area contributed by atoms with E-state index in [-0.39, 0.29) is 29.8 Å². The number of nitrogens with zero attached hydrogens (tertiary/aromatic N) is 4. The number of hydrogen-bond acceptors (Lipinski definition) is 5. The number of benzene rings is 3. The Bertz CT molecular complexity index is 1320. The van der Waals surface area contributed by atoms with Crippen LogP contribution in [0.3, 0.4) is 0 Å². The Hall–Kier alpha value is -4.07. The molecule has 34 heavy (non-hydrogen) atoms. The van der Waals surface area contributed by atoms with E-state index in [1.165, 1.54) is 24.3 Å². The molecule has 1 N–H and O–H groups in total. The van der Waals surface area contributed by atoms with E-state index < -0.39 is 0 Å². The fourth-order valence-electron chi connectivity index (χ4n) is 4.23. The monoisotopic (exact) mass is 459 g/mol. The van der Waals surface area contributed by atoms with E-state index in [2.05, 4.69) is 25.3 Å². The largest absolute Gasteiger partial charge is 0.368 e. The van der Waals surface area contributed by atoms with Crippen molar-refractivity contribution in [2.24, 2.45) is 0 Å². The van der Waals surface area contributed by atoms with Gasteiger partial charge < -0.3 is 15.1 Å². The molecule has 0 unspecified atom stereocenters. The fourth-order valence-corrected chi connectivity index (χ4v) is 4.23. The Kier molecular flexibility index (Phi) is 6.03. The Morgan fingerprint density at radius 1 is 0.794 bits per heavy atom. The predicted octanol–water partition coefficient (Wildman–Crippen LogP) is 4.16. The number of halogens is 2. The number of nitrogens with one attached hydrogen (secondary N) is 1. The first-order valence-corrected chi connectivity index (χ1v) is 11.1. The van der Waals surface area contributed by atoms with Crippen LogP contribution in [0.1, 0.15) is 16.1 Å². The topological polar surface area (TPSA) is 61.4 Å². The summed E-state index contributed by atoms with van der Waals surface area (Å²) >= 11 is 0. The first-order chi connectivity index (χ1) is 16.6. The van der Waals surface area contributed by atoms with Gasteiger partial charge in [-0.3, -0.25) is 4.79 Å². The van der Waals surface area contributed by atoms with Gasteiger partial charge in [0.1, 0.15) is 11.6 Å². The van der Waals surface area contributed by atoms with Crippen LogP contribution in [0, 0.1) is 11.6 Å². The molecule has 3 aromatic carbocycles. The first kappa shape index (κ1) is 21.8. The lowest BCUT2D eigenvalue weighted by molar-refractivity contribution is 0.0946. The number of rotatable bonds is 5. The lowest BCUT2D eigenvalue weighted by Crippen LogP contribution is -2.47. The third-order valence-corrected chi connectivity index (χ3v) is 6.00. The molecular formula is C26H23F2N5O. The van der Waals surface area contributed by atoms with Gasteiger partial charge in [0.05, 0.1) is 0 Å². The molecule has 0 bridgehead atoms. The second-order valence-electron chi connectivity index (χ2n) is 8.18. The van der Waals surface area contributed by atoms with Gasteiger partial charge in [0.2, 0.25) is 0 Å². The van der Waals surface area contributed by atoms with Gasteiger partial charge in [-0.2, -0.15) is 0 Å². The van der Waals surface area contributed by atoms with Crippen molar-refractivity contribution in [3.05, 3.63) is 95.7 Å². The van der Waals surface area contributed by atoms with Crippen LogP contribution in [-0.4, -0.2) is 42.3 Å². The molecule has 4 aromatic rings. The third-order valence-electron chi connectivity index (χ3n) is 6.00. The van der Waals surface area contributed by atoms with Gasteiger partial charge >= 0.3 is 0 Å². The van der Waals surface area contributed by atoms with Crippen molar-refractivity contribution in [1.29, 1.82) is 0 Å². The molecule has 5 rings (SSSR count). The van der Waals surface area contributed by atoms with E-state index in [4.69, 9.17) is 0 Å². The molecule has 2 heterocycles. The van der Waals surface area contributed by atoms with Crippen LogP contribution in [0.15, 0.2) is 72.8 Å². The molecule has 1 aromatic heterocycles. The van der Waals surface area contributed by atoms with E-state index in [9.17, 15) is 13.6 Å². The highest BCUT2D eigenvalue weighted by Crippen LogP contribution is 2.27. The number of piperazine rings is 1. The minimum atomic E-state index is -0.361. The Labute approximate surface area is 195 Å². The van der Waals surface area contributed by atoms with Crippen LogP contribution in [0.2, 0.25) is 0 Å². The maximum Gasteiger partial charge on any atom is 0.272 e. The summed E-state index contributed by atoms with van der Waals surface area (Å²) in [4.78, 5) is 17.2. The molecule has 0 radical (unpaired) electrons. The van der Waals surface area contributed by atoms with Gasteiger partial charge in [0, 0.05) is 49.2 Å². The molecule has 0 saturated carbocycles. The van der Waals surface area contributed by atoms with E-state index >= 15 is 0 Å². The van der Waals surface area contributed by atoms with Gasteiger partial charge in [-0.05, 0) is 42.0 Å². The molecule has 1 aliphatic rings. The number of anilines is 2. The van der Waals surface area contributed by atoms with E-state index in [1.807, 2.05) is 24.3 Å². The number of aromatic nitrogens is 2. The summed E-state index contributed by atoms with van der Waals surface area (Å²) in [5.74, 6) is -0.221. The Morgan fingerprint density at radius 2 is 1.50 bits per heavy atom. The summed E-state index contributed by atoms with van der Waals surface area (Å²) in [5.41, 5.74) is 1.89. The molecule has 1 aliphatic heterocycles. The summed E-state index contributed by atoms with van der Waals surface area (Å²) in [5, 5.41) is 13.1. The van der Waals surface area contributed by atoms with Crippen molar-refractivity contribution >= 4 is 28.2 Å². The zero-order valence-electron chi connectivity index (χ0n) is 18.4. The van der Waals surface area contributed by atoms with Crippen molar-refractivity contribution in [3.8, 4) is 0 Å². The van der Waals surface area contributed by atoms with Crippen molar-refractivity contribution in [2.75, 3.05) is 36.0 Å². The second kappa shape index (κ2) is 9.43.